The summed E-state index contributed by atoms with van der Waals surface area (Å²) in [7, 11) is 0. The molecule has 0 radical (unpaired) electrons. The highest BCUT2D eigenvalue weighted by atomic mass is 16.5. The summed E-state index contributed by atoms with van der Waals surface area (Å²) >= 11 is 0. The van der Waals surface area contributed by atoms with Gasteiger partial charge in [-0.1, -0.05) is 35.5 Å². The predicted molar refractivity (Wildman–Crippen MR) is 114 cm³/mol. The molecular weight excluding hydrogens is 396 g/mol. The van der Waals surface area contributed by atoms with Crippen molar-refractivity contribution in [2.45, 2.75) is 44.6 Å². The predicted octanol–water partition coefficient (Wildman–Crippen LogP) is 2.00. The van der Waals surface area contributed by atoms with Crippen molar-refractivity contribution in [3.63, 3.8) is 0 Å². The topological polar surface area (TPSA) is 95.8 Å². The van der Waals surface area contributed by atoms with Gasteiger partial charge in [0.1, 0.15) is 17.0 Å². The summed E-state index contributed by atoms with van der Waals surface area (Å²) in [5, 5.41) is 7.12. The van der Waals surface area contributed by atoms with Gasteiger partial charge in [-0.05, 0) is 19.3 Å². The van der Waals surface area contributed by atoms with E-state index >= 15 is 0 Å². The quantitative estimate of drug-likeness (QED) is 0.734. The minimum absolute atomic E-state index is 0.130. The molecule has 164 valence electrons. The minimum atomic E-state index is -1.01. The van der Waals surface area contributed by atoms with Crippen LogP contribution in [0, 0.1) is 0 Å². The first-order chi connectivity index (χ1) is 15.0. The lowest BCUT2D eigenvalue weighted by Gasteiger charge is -2.36. The molecule has 8 heteroatoms. The van der Waals surface area contributed by atoms with E-state index in [0.29, 0.717) is 43.9 Å². The van der Waals surface area contributed by atoms with Crippen molar-refractivity contribution in [2.24, 2.45) is 0 Å². The lowest BCUT2D eigenvalue weighted by Crippen LogP contribution is -2.59. The smallest absolute Gasteiger partial charge is 0.246 e. The van der Waals surface area contributed by atoms with Gasteiger partial charge in [0.05, 0.1) is 0 Å². The molecule has 0 aliphatic carbocycles. The van der Waals surface area contributed by atoms with Crippen molar-refractivity contribution in [3.05, 3.63) is 42.2 Å². The Balaban J connectivity index is 1.50. The molecule has 3 heterocycles. The zero-order valence-corrected chi connectivity index (χ0v) is 17.8. The highest BCUT2D eigenvalue weighted by Gasteiger charge is 2.49. The third-order valence-corrected chi connectivity index (χ3v) is 6.23. The van der Waals surface area contributed by atoms with Crippen molar-refractivity contribution in [1.29, 1.82) is 0 Å². The summed E-state index contributed by atoms with van der Waals surface area (Å²) in [5.41, 5.74) is 0.626. The SMILES string of the molecule is CC(=O)N1CCCC1(Cc1cc(-c2ccccc2)no1)C(=O)NCCN1CCCC1=O. The van der Waals surface area contributed by atoms with Crippen molar-refractivity contribution in [2.75, 3.05) is 26.2 Å². The number of benzene rings is 1. The lowest BCUT2D eigenvalue weighted by molar-refractivity contribution is -0.144. The Labute approximate surface area is 181 Å². The maximum absolute atomic E-state index is 13.3. The zero-order valence-electron chi connectivity index (χ0n) is 17.8. The average Bonchev–Trinajstić information content (AvgIpc) is 3.50. The Hall–Kier alpha value is -3.16. The molecule has 3 amide bonds. The number of aromatic nitrogens is 1. The number of hydrogen-bond donors (Lipinski definition) is 1. The maximum Gasteiger partial charge on any atom is 0.246 e. The van der Waals surface area contributed by atoms with Crippen LogP contribution in [0.25, 0.3) is 11.3 Å². The number of carbonyl (C=O) groups excluding carboxylic acids is 3. The number of amides is 3. The van der Waals surface area contributed by atoms with Gasteiger partial charge in [-0.25, -0.2) is 0 Å². The second-order valence-corrected chi connectivity index (χ2v) is 8.27. The summed E-state index contributed by atoms with van der Waals surface area (Å²) in [5.74, 6) is 0.358. The molecule has 2 saturated heterocycles. The van der Waals surface area contributed by atoms with E-state index in [4.69, 9.17) is 4.52 Å². The second kappa shape index (κ2) is 8.91. The number of nitrogens with one attached hydrogen (secondary N) is 1. The molecule has 2 fully saturated rings. The van der Waals surface area contributed by atoms with Gasteiger partial charge in [-0.2, -0.15) is 0 Å². The fourth-order valence-electron chi connectivity index (χ4n) is 4.68. The van der Waals surface area contributed by atoms with Crippen LogP contribution in [0.15, 0.2) is 40.9 Å². The summed E-state index contributed by atoms with van der Waals surface area (Å²) in [6.45, 7) is 3.61. The Bertz CT molecular complexity index is 957. The number of nitrogens with zero attached hydrogens (tertiary/aromatic N) is 3. The van der Waals surface area contributed by atoms with E-state index in [1.54, 1.807) is 9.80 Å². The van der Waals surface area contributed by atoms with Gasteiger partial charge in [0.25, 0.3) is 0 Å². The molecule has 2 aromatic rings. The normalized spacial score (nSPS) is 21.0. The van der Waals surface area contributed by atoms with Crippen LogP contribution >= 0.6 is 0 Å². The third-order valence-electron chi connectivity index (χ3n) is 6.23. The molecule has 0 spiro atoms. The largest absolute Gasteiger partial charge is 0.361 e. The van der Waals surface area contributed by atoms with Gasteiger partial charge in [-0.3, -0.25) is 14.4 Å². The Kier molecular flexibility index (Phi) is 6.06. The molecule has 2 aliphatic rings. The first-order valence-corrected chi connectivity index (χ1v) is 10.8. The van der Waals surface area contributed by atoms with Crippen LogP contribution in [0.5, 0.6) is 0 Å². The summed E-state index contributed by atoms with van der Waals surface area (Å²) in [6.07, 6.45) is 3.01. The Morgan fingerprint density at radius 2 is 2.00 bits per heavy atom. The van der Waals surface area contributed by atoms with Crippen LogP contribution in [0.3, 0.4) is 0 Å². The molecule has 1 atom stereocenters. The maximum atomic E-state index is 13.3. The highest BCUT2D eigenvalue weighted by Crippen LogP contribution is 2.34. The van der Waals surface area contributed by atoms with Crippen molar-refractivity contribution in [1.82, 2.24) is 20.3 Å². The molecule has 2 aliphatic heterocycles. The van der Waals surface area contributed by atoms with E-state index in [-0.39, 0.29) is 24.1 Å². The zero-order chi connectivity index (χ0) is 21.8. The minimum Gasteiger partial charge on any atom is -0.361 e. The fraction of sp³-hybridized carbons (Fsp3) is 0.478. The van der Waals surface area contributed by atoms with E-state index in [1.807, 2.05) is 36.4 Å². The van der Waals surface area contributed by atoms with E-state index < -0.39 is 5.54 Å². The van der Waals surface area contributed by atoms with Gasteiger partial charge in [0.15, 0.2) is 0 Å². The third kappa shape index (κ3) is 4.33. The number of rotatable bonds is 7. The van der Waals surface area contributed by atoms with Gasteiger partial charge in [-0.15, -0.1) is 0 Å². The molecule has 4 rings (SSSR count). The van der Waals surface area contributed by atoms with Gasteiger partial charge in [0, 0.05) is 57.6 Å². The summed E-state index contributed by atoms with van der Waals surface area (Å²) in [6, 6.07) is 11.5. The molecule has 1 aromatic carbocycles. The van der Waals surface area contributed by atoms with Crippen LogP contribution in [0.2, 0.25) is 0 Å². The van der Waals surface area contributed by atoms with E-state index in [0.717, 1.165) is 24.9 Å². The first-order valence-electron chi connectivity index (χ1n) is 10.8. The first kappa shape index (κ1) is 21.1. The van der Waals surface area contributed by atoms with Crippen molar-refractivity contribution < 1.29 is 18.9 Å². The number of likely N-dealkylation sites (tertiary alicyclic amines) is 2. The molecule has 1 aromatic heterocycles. The van der Waals surface area contributed by atoms with Crippen LogP contribution in [0.4, 0.5) is 0 Å². The number of carbonyl (C=O) groups is 3. The summed E-state index contributed by atoms with van der Waals surface area (Å²) in [4.78, 5) is 40.9. The molecule has 1 N–H and O–H groups in total. The summed E-state index contributed by atoms with van der Waals surface area (Å²) < 4.78 is 5.56. The monoisotopic (exact) mass is 424 g/mol. The molecule has 8 nitrogen and oxygen atoms in total. The standard InChI is InChI=1S/C23H28N4O4/c1-17(28)27-13-6-10-23(27,22(30)24-11-14-26-12-5-9-21(26)29)16-19-15-20(25-31-19)18-7-3-2-4-8-18/h2-4,7-8,15H,5-6,9-14,16H2,1H3,(H,24,30). The van der Waals surface area contributed by atoms with Crippen molar-refractivity contribution >= 4 is 17.7 Å². The lowest BCUT2D eigenvalue weighted by atomic mass is 9.89. The second-order valence-electron chi connectivity index (χ2n) is 8.27. The molecule has 1 unspecified atom stereocenters. The average molecular weight is 425 g/mol. The molecular formula is C23H28N4O4. The van der Waals surface area contributed by atoms with Gasteiger partial charge < -0.3 is 19.6 Å². The Morgan fingerprint density at radius 3 is 2.71 bits per heavy atom. The van der Waals surface area contributed by atoms with Gasteiger partial charge in [0.2, 0.25) is 17.7 Å². The number of hydrogen-bond acceptors (Lipinski definition) is 5. The van der Waals surface area contributed by atoms with Crippen LogP contribution in [0.1, 0.15) is 38.4 Å². The molecule has 0 bridgehead atoms. The van der Waals surface area contributed by atoms with E-state index in [2.05, 4.69) is 10.5 Å². The molecule has 0 saturated carbocycles. The van der Waals surface area contributed by atoms with Crippen molar-refractivity contribution in [3.8, 4) is 11.3 Å². The highest BCUT2D eigenvalue weighted by molar-refractivity contribution is 5.92. The Morgan fingerprint density at radius 1 is 1.19 bits per heavy atom. The van der Waals surface area contributed by atoms with Crippen LogP contribution in [-0.4, -0.2) is 64.4 Å². The fourth-order valence-corrected chi connectivity index (χ4v) is 4.68. The van der Waals surface area contributed by atoms with Gasteiger partial charge >= 0.3 is 0 Å². The molecule has 31 heavy (non-hydrogen) atoms. The van der Waals surface area contributed by atoms with Crippen LogP contribution < -0.4 is 5.32 Å². The van der Waals surface area contributed by atoms with E-state index in [9.17, 15) is 14.4 Å². The van der Waals surface area contributed by atoms with Crippen LogP contribution in [-0.2, 0) is 20.8 Å². The van der Waals surface area contributed by atoms with E-state index in [1.165, 1.54) is 6.92 Å².